The first-order valence-electron chi connectivity index (χ1n) is 12.6. The van der Waals surface area contributed by atoms with Gasteiger partial charge >= 0.3 is 0 Å². The lowest BCUT2D eigenvalue weighted by Gasteiger charge is -2.55. The quantitative estimate of drug-likeness (QED) is 0.554. The van der Waals surface area contributed by atoms with Gasteiger partial charge < -0.3 is 10.1 Å². The molecule has 178 valence electrons. The summed E-state index contributed by atoms with van der Waals surface area (Å²) in [5, 5.41) is 3.17. The van der Waals surface area contributed by atoms with E-state index in [0.29, 0.717) is 12.4 Å². The van der Waals surface area contributed by atoms with Crippen molar-refractivity contribution in [1.29, 1.82) is 0 Å². The summed E-state index contributed by atoms with van der Waals surface area (Å²) < 4.78 is 5.55. The lowest BCUT2D eigenvalue weighted by molar-refractivity contribution is -0.140. The lowest BCUT2D eigenvalue weighted by atomic mass is 9.49. The zero-order valence-electron chi connectivity index (χ0n) is 19.7. The van der Waals surface area contributed by atoms with Crippen LogP contribution in [0.25, 0.3) is 0 Å². The van der Waals surface area contributed by atoms with Crippen LogP contribution in [-0.4, -0.2) is 24.2 Å². The fraction of sp³-hybridized carbons (Fsp3) is 0.500. The molecular weight excluding hydrogens is 444 g/mol. The highest BCUT2D eigenvalue weighted by Gasteiger charge is 2.54. The van der Waals surface area contributed by atoms with E-state index in [2.05, 4.69) is 17.4 Å². The van der Waals surface area contributed by atoms with Gasteiger partial charge in [-0.05, 0) is 105 Å². The van der Waals surface area contributed by atoms with Crippen LogP contribution in [0.15, 0.2) is 48.5 Å². The Morgan fingerprint density at radius 2 is 1.74 bits per heavy atom. The first kappa shape index (κ1) is 22.0. The normalized spacial score (nSPS) is 31.7. The summed E-state index contributed by atoms with van der Waals surface area (Å²) in [6.45, 7) is 2.57. The van der Waals surface area contributed by atoms with E-state index in [1.165, 1.54) is 19.3 Å². The van der Waals surface area contributed by atoms with Crippen molar-refractivity contribution in [3.63, 3.8) is 0 Å². The number of nitrogens with zero attached hydrogens (tertiary/aromatic N) is 1. The largest absolute Gasteiger partial charge is 0.494 e. The molecule has 4 saturated carbocycles. The Bertz CT molecular complexity index is 1060. The molecule has 1 aliphatic heterocycles. The van der Waals surface area contributed by atoms with Gasteiger partial charge in [-0.2, -0.15) is 0 Å². The monoisotopic (exact) mass is 476 g/mol. The molecule has 0 radical (unpaired) electrons. The molecule has 0 unspecified atom stereocenters. The topological polar surface area (TPSA) is 58.6 Å². The Kier molecular flexibility index (Phi) is 5.59. The van der Waals surface area contributed by atoms with E-state index in [1.807, 2.05) is 48.2 Å². The summed E-state index contributed by atoms with van der Waals surface area (Å²) in [6.07, 6.45) is 7.16. The predicted octanol–water partition coefficient (Wildman–Crippen LogP) is 6.02. The summed E-state index contributed by atoms with van der Waals surface area (Å²) in [4.78, 5) is 28.2. The summed E-state index contributed by atoms with van der Waals surface area (Å²) in [7, 11) is 0. The molecule has 34 heavy (non-hydrogen) atoms. The number of carbonyl (C=O) groups excluding carboxylic acids is 2. The molecule has 4 aliphatic carbocycles. The van der Waals surface area contributed by atoms with Crippen molar-refractivity contribution < 1.29 is 14.3 Å². The van der Waals surface area contributed by atoms with Crippen LogP contribution in [0.1, 0.15) is 56.4 Å². The Hall–Kier alpha value is -2.47. The number of hydrogen-bond donors (Lipinski definition) is 1. The van der Waals surface area contributed by atoms with Crippen molar-refractivity contribution in [2.45, 2.75) is 50.8 Å². The number of nitrogens with one attached hydrogen (secondary N) is 1. The van der Waals surface area contributed by atoms with Gasteiger partial charge in [0.1, 0.15) is 11.1 Å². The zero-order chi connectivity index (χ0) is 23.3. The average Bonchev–Trinajstić information content (AvgIpc) is 3.20. The Labute approximate surface area is 205 Å². The highest BCUT2D eigenvalue weighted by Crippen LogP contribution is 2.60. The highest BCUT2D eigenvalue weighted by atomic mass is 32.2. The Morgan fingerprint density at radius 1 is 1.06 bits per heavy atom. The number of benzene rings is 2. The van der Waals surface area contributed by atoms with Gasteiger partial charge in [0.25, 0.3) is 0 Å². The van der Waals surface area contributed by atoms with Gasteiger partial charge in [0.2, 0.25) is 11.8 Å². The third-order valence-electron chi connectivity index (χ3n) is 8.24. The van der Waals surface area contributed by atoms with E-state index >= 15 is 0 Å². The second kappa shape index (κ2) is 8.63. The minimum Gasteiger partial charge on any atom is -0.494 e. The molecule has 2 aromatic rings. The van der Waals surface area contributed by atoms with E-state index in [9.17, 15) is 9.59 Å². The Morgan fingerprint density at radius 3 is 2.38 bits per heavy atom. The second-order valence-corrected chi connectivity index (χ2v) is 11.7. The molecule has 5 nitrogen and oxygen atoms in total. The minimum atomic E-state index is -0.169. The fourth-order valence-corrected chi connectivity index (χ4v) is 8.41. The number of anilines is 2. The zero-order valence-corrected chi connectivity index (χ0v) is 20.5. The summed E-state index contributed by atoms with van der Waals surface area (Å²) in [5.74, 6) is 3.79. The van der Waals surface area contributed by atoms with Gasteiger partial charge in [0, 0.05) is 11.4 Å². The van der Waals surface area contributed by atoms with Gasteiger partial charge in [0.15, 0.2) is 0 Å². The third kappa shape index (κ3) is 3.90. The van der Waals surface area contributed by atoms with Crippen LogP contribution >= 0.6 is 11.8 Å². The molecule has 4 bridgehead atoms. The second-order valence-electron chi connectivity index (χ2n) is 10.6. The molecule has 7 rings (SSSR count). The van der Waals surface area contributed by atoms with Gasteiger partial charge in [-0.25, -0.2) is 0 Å². The molecular formula is C28H32N2O3S. The van der Waals surface area contributed by atoms with Crippen molar-refractivity contribution >= 4 is 35.0 Å². The predicted molar refractivity (Wildman–Crippen MR) is 136 cm³/mol. The van der Waals surface area contributed by atoms with E-state index in [0.717, 1.165) is 59.7 Å². The first-order chi connectivity index (χ1) is 16.5. The molecule has 0 spiro atoms. The first-order valence-corrected chi connectivity index (χ1v) is 13.7. The maximum absolute atomic E-state index is 13.5. The van der Waals surface area contributed by atoms with Crippen LogP contribution in [0.4, 0.5) is 11.4 Å². The standard InChI is InChI=1S/C28H32N2O3S/c1-2-33-24-8-6-23(7-9-24)30-25(31)17-34-26(30)21-4-3-5-22(13-21)29-27(32)28-14-18-10-19(15-28)12-20(11-18)16-28/h3-9,13,18-20,26H,2,10-12,14-17H2,1H3,(H,29,32)/t18?,19?,20?,26-,28?/m0/s1. The van der Waals surface area contributed by atoms with Crippen molar-refractivity contribution in [1.82, 2.24) is 0 Å². The van der Waals surface area contributed by atoms with Crippen LogP contribution in [0.3, 0.4) is 0 Å². The van der Waals surface area contributed by atoms with Gasteiger partial charge in [-0.1, -0.05) is 12.1 Å². The maximum atomic E-state index is 13.5. The molecule has 5 fully saturated rings. The van der Waals surface area contributed by atoms with E-state index in [1.54, 1.807) is 11.8 Å². The van der Waals surface area contributed by atoms with Crippen LogP contribution in [-0.2, 0) is 9.59 Å². The number of ether oxygens (including phenoxy) is 1. The number of carbonyl (C=O) groups is 2. The molecule has 2 aromatic carbocycles. The lowest BCUT2D eigenvalue weighted by Crippen LogP contribution is -2.51. The number of rotatable bonds is 6. The molecule has 1 atom stereocenters. The summed E-state index contributed by atoms with van der Waals surface area (Å²) in [5.41, 5.74) is 2.57. The van der Waals surface area contributed by atoms with Gasteiger partial charge in [-0.3, -0.25) is 14.5 Å². The molecule has 2 amide bonds. The van der Waals surface area contributed by atoms with Crippen molar-refractivity contribution in [3.8, 4) is 5.75 Å². The van der Waals surface area contributed by atoms with Crippen LogP contribution in [0.5, 0.6) is 5.75 Å². The third-order valence-corrected chi connectivity index (χ3v) is 9.46. The van der Waals surface area contributed by atoms with Crippen LogP contribution in [0.2, 0.25) is 0 Å². The van der Waals surface area contributed by atoms with Crippen molar-refractivity contribution in [2.24, 2.45) is 23.2 Å². The van der Waals surface area contributed by atoms with Crippen molar-refractivity contribution in [3.05, 3.63) is 54.1 Å². The van der Waals surface area contributed by atoms with Gasteiger partial charge in [0.05, 0.1) is 17.8 Å². The molecule has 1 saturated heterocycles. The number of thioether (sulfide) groups is 1. The summed E-state index contributed by atoms with van der Waals surface area (Å²) >= 11 is 1.63. The molecule has 1 heterocycles. The van der Waals surface area contributed by atoms with Crippen LogP contribution in [0, 0.1) is 23.2 Å². The van der Waals surface area contributed by atoms with Crippen LogP contribution < -0.4 is 15.0 Å². The number of hydrogen-bond acceptors (Lipinski definition) is 4. The van der Waals surface area contributed by atoms with Gasteiger partial charge in [-0.15, -0.1) is 11.8 Å². The van der Waals surface area contributed by atoms with E-state index < -0.39 is 0 Å². The highest BCUT2D eigenvalue weighted by molar-refractivity contribution is 8.00. The SMILES string of the molecule is CCOc1ccc(N2C(=O)CS[C@H]2c2cccc(NC(=O)C34CC5CC(CC(C5)C3)C4)c2)cc1. The minimum absolute atomic E-state index is 0.0992. The summed E-state index contributed by atoms with van der Waals surface area (Å²) in [6, 6.07) is 15.8. The molecule has 6 heteroatoms. The fourth-order valence-electron chi connectivity index (χ4n) is 7.24. The molecule has 1 N–H and O–H groups in total. The molecule has 5 aliphatic rings. The maximum Gasteiger partial charge on any atom is 0.238 e. The molecule has 0 aromatic heterocycles. The Balaban J connectivity index is 1.21. The van der Waals surface area contributed by atoms with E-state index in [-0.39, 0.29) is 22.6 Å². The smallest absolute Gasteiger partial charge is 0.238 e. The van der Waals surface area contributed by atoms with Crippen molar-refractivity contribution in [2.75, 3.05) is 22.6 Å². The number of amides is 2. The van der Waals surface area contributed by atoms with E-state index in [4.69, 9.17) is 4.74 Å². The average molecular weight is 477 g/mol.